The summed E-state index contributed by atoms with van der Waals surface area (Å²) in [6, 6.07) is 23.3. The van der Waals surface area contributed by atoms with E-state index in [1.54, 1.807) is 11.4 Å². The maximum atomic E-state index is 13.9. The van der Waals surface area contributed by atoms with E-state index in [1.165, 1.54) is 12.1 Å². The molecular weight excluding hydrogens is 526 g/mol. The number of hydrogen-bond donors (Lipinski definition) is 1. The summed E-state index contributed by atoms with van der Waals surface area (Å²) in [6.45, 7) is 1.14. The number of nitrogens with one attached hydrogen (secondary N) is 1. The number of amides is 1. The highest BCUT2D eigenvalue weighted by Gasteiger charge is 2.25. The summed E-state index contributed by atoms with van der Waals surface area (Å²) in [7, 11) is 0. The minimum Gasteiger partial charge on any atom is -0.449 e. The molecule has 0 aliphatic carbocycles. The number of carbonyl (C=O) groups is 2. The summed E-state index contributed by atoms with van der Waals surface area (Å²) >= 11 is 0. The van der Waals surface area contributed by atoms with Gasteiger partial charge < -0.3 is 10.1 Å². The number of esters is 1. The van der Waals surface area contributed by atoms with E-state index in [4.69, 9.17) is 14.7 Å². The number of benzene rings is 4. The molecule has 0 radical (unpaired) electrons. The smallest absolute Gasteiger partial charge is 0.338 e. The van der Waals surface area contributed by atoms with Crippen molar-refractivity contribution in [3.05, 3.63) is 114 Å². The number of halogens is 4. The Hall–Kier alpha value is -5.12. The van der Waals surface area contributed by atoms with E-state index in [0.717, 1.165) is 18.1 Å². The van der Waals surface area contributed by atoms with Crippen LogP contribution in [0.25, 0.3) is 33.5 Å². The molecule has 0 saturated carbocycles. The zero-order valence-corrected chi connectivity index (χ0v) is 20.8. The normalized spacial score (nSPS) is 11.7. The van der Waals surface area contributed by atoms with Crippen molar-refractivity contribution in [3.8, 4) is 22.5 Å². The summed E-state index contributed by atoms with van der Waals surface area (Å²) in [5.74, 6) is -9.10. The Bertz CT molecular complexity index is 1720. The molecule has 0 bridgehead atoms. The zero-order valence-electron chi connectivity index (χ0n) is 20.8. The van der Waals surface area contributed by atoms with Crippen LogP contribution < -0.4 is 5.32 Å². The minimum absolute atomic E-state index is 0.0123. The molecule has 4 aromatic carbocycles. The van der Waals surface area contributed by atoms with Gasteiger partial charge in [-0.1, -0.05) is 60.7 Å². The monoisotopic (exact) mass is 545 g/mol. The first kappa shape index (κ1) is 26.5. The molecule has 0 aliphatic heterocycles. The average Bonchev–Trinajstić information content (AvgIpc) is 2.98. The number of anilines is 1. The molecule has 1 N–H and O–H groups in total. The molecule has 5 aromatic rings. The van der Waals surface area contributed by atoms with Crippen LogP contribution >= 0.6 is 0 Å². The first-order valence-electron chi connectivity index (χ1n) is 12.0. The predicted molar refractivity (Wildman–Crippen MR) is 140 cm³/mol. The molecule has 0 aliphatic rings. The highest BCUT2D eigenvalue weighted by atomic mass is 19.2. The van der Waals surface area contributed by atoms with Crippen molar-refractivity contribution in [2.24, 2.45) is 0 Å². The van der Waals surface area contributed by atoms with Crippen molar-refractivity contribution >= 4 is 28.6 Å². The lowest BCUT2D eigenvalue weighted by atomic mass is 10.0. The Morgan fingerprint density at radius 2 is 1.25 bits per heavy atom. The van der Waals surface area contributed by atoms with Gasteiger partial charge in [-0.3, -0.25) is 4.79 Å². The third kappa shape index (κ3) is 5.24. The quantitative estimate of drug-likeness (QED) is 0.146. The molecule has 6 nitrogen and oxygen atoms in total. The van der Waals surface area contributed by atoms with Crippen LogP contribution in [0.2, 0.25) is 0 Å². The number of nitrogens with zero attached hydrogens (tertiary/aromatic N) is 2. The van der Waals surface area contributed by atoms with Gasteiger partial charge in [0.2, 0.25) is 0 Å². The minimum atomic E-state index is -1.79. The molecule has 40 heavy (non-hydrogen) atoms. The summed E-state index contributed by atoms with van der Waals surface area (Å²) in [5.41, 5.74) is 2.48. The highest BCUT2D eigenvalue weighted by molar-refractivity contribution is 5.99. The highest BCUT2D eigenvalue weighted by Crippen LogP contribution is 2.31. The van der Waals surface area contributed by atoms with Crippen LogP contribution in [0.15, 0.2) is 84.9 Å². The lowest BCUT2D eigenvalue weighted by molar-refractivity contribution is -0.123. The number of aromatic nitrogens is 2. The molecule has 5 rings (SSSR count). The van der Waals surface area contributed by atoms with Gasteiger partial charge >= 0.3 is 5.97 Å². The number of fused-ring (bicyclic) bond motifs is 1. The van der Waals surface area contributed by atoms with Crippen molar-refractivity contribution in [1.29, 1.82) is 0 Å². The van der Waals surface area contributed by atoms with E-state index in [9.17, 15) is 27.2 Å². The molecule has 0 fully saturated rings. The zero-order chi connectivity index (χ0) is 28.4. The van der Waals surface area contributed by atoms with Crippen LogP contribution in [0.5, 0.6) is 0 Å². The van der Waals surface area contributed by atoms with Crippen LogP contribution in [0.1, 0.15) is 17.3 Å². The van der Waals surface area contributed by atoms with E-state index in [2.05, 4.69) is 0 Å². The standard InChI is InChI=1S/C30H19F4N3O3/c1-16(29(38)37-28-24(33)20(31)15-21(32)25(28)34)40-30(39)19-12-13-22-23(14-19)36-27(18-10-6-3-7-11-18)26(35-22)17-8-4-2-5-9-17/h2-16H,1H3,(H,37,38). The maximum absolute atomic E-state index is 13.9. The first-order valence-corrected chi connectivity index (χ1v) is 12.0. The molecular formula is C30H19F4N3O3. The fourth-order valence-corrected chi connectivity index (χ4v) is 3.97. The number of carbonyl (C=O) groups excluding carboxylic acids is 2. The molecule has 1 unspecified atom stereocenters. The van der Waals surface area contributed by atoms with E-state index >= 15 is 0 Å². The topological polar surface area (TPSA) is 81.2 Å². The van der Waals surface area contributed by atoms with Gasteiger partial charge in [0.1, 0.15) is 5.69 Å². The molecule has 1 heterocycles. The van der Waals surface area contributed by atoms with Gasteiger partial charge in [0.25, 0.3) is 5.91 Å². The second-order valence-electron chi connectivity index (χ2n) is 8.74. The Kier molecular flexibility index (Phi) is 7.24. The van der Waals surface area contributed by atoms with E-state index in [-0.39, 0.29) is 11.6 Å². The third-order valence-corrected chi connectivity index (χ3v) is 6.01. The van der Waals surface area contributed by atoms with Crippen molar-refractivity contribution in [3.63, 3.8) is 0 Å². The summed E-state index contributed by atoms with van der Waals surface area (Å²) in [4.78, 5) is 34.8. The summed E-state index contributed by atoms with van der Waals surface area (Å²) in [5, 5.41) is 1.73. The lowest BCUT2D eigenvalue weighted by Crippen LogP contribution is -2.31. The second-order valence-corrected chi connectivity index (χ2v) is 8.74. The van der Waals surface area contributed by atoms with E-state index in [0.29, 0.717) is 22.4 Å². The Labute approximate surface area is 225 Å². The summed E-state index contributed by atoms with van der Waals surface area (Å²) in [6.07, 6.45) is -1.57. The maximum Gasteiger partial charge on any atom is 0.338 e. The third-order valence-electron chi connectivity index (χ3n) is 6.01. The van der Waals surface area contributed by atoms with Crippen LogP contribution in [-0.2, 0) is 9.53 Å². The van der Waals surface area contributed by atoms with Crippen molar-refractivity contribution in [2.75, 3.05) is 5.32 Å². The molecule has 1 aromatic heterocycles. The molecule has 10 heteroatoms. The average molecular weight is 545 g/mol. The van der Waals surface area contributed by atoms with Gasteiger partial charge in [-0.15, -0.1) is 0 Å². The van der Waals surface area contributed by atoms with Gasteiger partial charge in [0, 0.05) is 17.2 Å². The Balaban J connectivity index is 1.42. The fraction of sp³-hybridized carbons (Fsp3) is 0.0667. The lowest BCUT2D eigenvalue weighted by Gasteiger charge is -2.15. The molecule has 0 saturated heterocycles. The van der Waals surface area contributed by atoms with E-state index in [1.807, 2.05) is 60.7 Å². The van der Waals surface area contributed by atoms with Crippen LogP contribution in [0.4, 0.5) is 23.2 Å². The van der Waals surface area contributed by atoms with Crippen molar-refractivity contribution in [2.45, 2.75) is 13.0 Å². The van der Waals surface area contributed by atoms with Gasteiger partial charge in [-0.2, -0.15) is 0 Å². The Morgan fingerprint density at radius 3 is 1.80 bits per heavy atom. The van der Waals surface area contributed by atoms with E-state index < -0.39 is 46.9 Å². The fourth-order valence-electron chi connectivity index (χ4n) is 3.97. The second kappa shape index (κ2) is 10.9. The number of rotatable bonds is 6. The number of hydrogen-bond acceptors (Lipinski definition) is 5. The van der Waals surface area contributed by atoms with Crippen molar-refractivity contribution in [1.82, 2.24) is 9.97 Å². The molecule has 200 valence electrons. The van der Waals surface area contributed by atoms with Gasteiger partial charge in [0.05, 0.1) is 28.0 Å². The molecule has 1 amide bonds. The predicted octanol–water partition coefficient (Wildman–Crippen LogP) is 6.70. The van der Waals surface area contributed by atoms with Crippen molar-refractivity contribution < 1.29 is 31.9 Å². The SMILES string of the molecule is CC(OC(=O)c1ccc2nc(-c3ccccc3)c(-c3ccccc3)nc2c1)C(=O)Nc1c(F)c(F)cc(F)c1F. The Morgan fingerprint density at radius 1 is 0.725 bits per heavy atom. The number of ether oxygens (including phenoxy) is 1. The molecule has 1 atom stereocenters. The van der Waals surface area contributed by atoms with Gasteiger partial charge in [0.15, 0.2) is 29.4 Å². The van der Waals surface area contributed by atoms with Crippen LogP contribution in [-0.4, -0.2) is 27.9 Å². The summed E-state index contributed by atoms with van der Waals surface area (Å²) < 4.78 is 59.9. The van der Waals surface area contributed by atoms with Gasteiger partial charge in [-0.25, -0.2) is 32.3 Å². The largest absolute Gasteiger partial charge is 0.449 e. The van der Waals surface area contributed by atoms with Crippen LogP contribution in [0.3, 0.4) is 0 Å². The van der Waals surface area contributed by atoms with Crippen LogP contribution in [0, 0.1) is 23.3 Å². The van der Waals surface area contributed by atoms with Gasteiger partial charge in [-0.05, 0) is 25.1 Å². The first-order chi connectivity index (χ1) is 19.2. The molecule has 0 spiro atoms.